The Hall–Kier alpha value is -2.14. The van der Waals surface area contributed by atoms with Crippen LogP contribution in [0.15, 0.2) is 48.1 Å². The summed E-state index contributed by atoms with van der Waals surface area (Å²) in [5.74, 6) is 0.0399. The smallest absolute Gasteiger partial charge is 0.272 e. The van der Waals surface area contributed by atoms with E-state index in [0.717, 1.165) is 10.5 Å². The molecule has 0 aliphatic carbocycles. The standard InChI is InChI=1S/C16H17N3OS/c1-12(2)19(10-13-6-4-3-5-7-13)15(20)14-11-21-16-17-8-9-18(14)16/h3-9,11-12H,10H2,1-2H3. The molecular formula is C16H17N3OS. The van der Waals surface area contributed by atoms with Gasteiger partial charge in [-0.2, -0.15) is 0 Å². The topological polar surface area (TPSA) is 37.6 Å². The Kier molecular flexibility index (Phi) is 3.75. The van der Waals surface area contributed by atoms with Gasteiger partial charge in [-0.05, 0) is 19.4 Å². The van der Waals surface area contributed by atoms with Gasteiger partial charge in [-0.25, -0.2) is 4.98 Å². The zero-order valence-corrected chi connectivity index (χ0v) is 12.9. The summed E-state index contributed by atoms with van der Waals surface area (Å²) in [6, 6.07) is 10.2. The maximum Gasteiger partial charge on any atom is 0.272 e. The van der Waals surface area contributed by atoms with Crippen LogP contribution >= 0.6 is 11.3 Å². The van der Waals surface area contributed by atoms with Crippen LogP contribution < -0.4 is 0 Å². The van der Waals surface area contributed by atoms with Crippen LogP contribution in [0.25, 0.3) is 4.96 Å². The number of fused-ring (bicyclic) bond motifs is 1. The van der Waals surface area contributed by atoms with Crippen molar-refractivity contribution < 1.29 is 4.79 Å². The molecule has 21 heavy (non-hydrogen) atoms. The molecule has 0 radical (unpaired) electrons. The minimum Gasteiger partial charge on any atom is -0.331 e. The van der Waals surface area contributed by atoms with Crippen LogP contribution in [0.1, 0.15) is 29.9 Å². The monoisotopic (exact) mass is 299 g/mol. The fraction of sp³-hybridized carbons (Fsp3) is 0.250. The normalized spacial score (nSPS) is 11.2. The third kappa shape index (κ3) is 2.69. The van der Waals surface area contributed by atoms with E-state index in [1.165, 1.54) is 11.3 Å². The molecule has 4 nitrogen and oxygen atoms in total. The molecule has 3 aromatic rings. The third-order valence-electron chi connectivity index (χ3n) is 3.44. The highest BCUT2D eigenvalue weighted by atomic mass is 32.1. The van der Waals surface area contributed by atoms with E-state index in [-0.39, 0.29) is 11.9 Å². The van der Waals surface area contributed by atoms with Crippen LogP contribution in [0, 0.1) is 0 Å². The summed E-state index contributed by atoms with van der Waals surface area (Å²) >= 11 is 1.49. The minimum atomic E-state index is 0.0399. The van der Waals surface area contributed by atoms with Crippen LogP contribution in [0.4, 0.5) is 0 Å². The Morgan fingerprint density at radius 3 is 2.81 bits per heavy atom. The number of aromatic nitrogens is 2. The predicted molar refractivity (Wildman–Crippen MR) is 84.5 cm³/mol. The lowest BCUT2D eigenvalue weighted by molar-refractivity contribution is 0.0683. The number of nitrogens with zero attached hydrogens (tertiary/aromatic N) is 3. The van der Waals surface area contributed by atoms with Gasteiger partial charge < -0.3 is 4.90 Å². The van der Waals surface area contributed by atoms with Gasteiger partial charge in [0.05, 0.1) is 0 Å². The van der Waals surface area contributed by atoms with Gasteiger partial charge in [0.2, 0.25) is 0 Å². The zero-order chi connectivity index (χ0) is 14.8. The maximum absolute atomic E-state index is 12.8. The van der Waals surface area contributed by atoms with E-state index in [1.54, 1.807) is 6.20 Å². The largest absolute Gasteiger partial charge is 0.331 e. The second-order valence-corrected chi connectivity index (χ2v) is 6.05. The molecule has 0 aliphatic heterocycles. The molecule has 5 heteroatoms. The summed E-state index contributed by atoms with van der Waals surface area (Å²) in [6.07, 6.45) is 3.56. The zero-order valence-electron chi connectivity index (χ0n) is 12.1. The molecule has 2 aromatic heterocycles. The van der Waals surface area contributed by atoms with Gasteiger partial charge in [0.1, 0.15) is 5.69 Å². The van der Waals surface area contributed by atoms with Crippen LogP contribution in [0.2, 0.25) is 0 Å². The van der Waals surface area contributed by atoms with Crippen molar-refractivity contribution in [1.82, 2.24) is 14.3 Å². The fourth-order valence-corrected chi connectivity index (χ4v) is 3.12. The fourth-order valence-electron chi connectivity index (χ4n) is 2.30. The van der Waals surface area contributed by atoms with E-state index in [9.17, 15) is 4.79 Å². The average molecular weight is 299 g/mol. The molecule has 0 bridgehead atoms. The molecule has 2 heterocycles. The van der Waals surface area contributed by atoms with Crippen molar-refractivity contribution in [2.45, 2.75) is 26.4 Å². The first-order chi connectivity index (χ1) is 10.2. The molecule has 0 unspecified atom stereocenters. The van der Waals surface area contributed by atoms with Crippen molar-refractivity contribution in [1.29, 1.82) is 0 Å². The van der Waals surface area contributed by atoms with Gasteiger partial charge in [-0.1, -0.05) is 30.3 Å². The third-order valence-corrected chi connectivity index (χ3v) is 4.30. The molecule has 3 rings (SSSR count). The van der Waals surface area contributed by atoms with Crippen LogP contribution in [0.5, 0.6) is 0 Å². The van der Waals surface area contributed by atoms with Gasteiger partial charge in [0, 0.05) is 30.4 Å². The first kappa shape index (κ1) is 13.8. The van der Waals surface area contributed by atoms with E-state index >= 15 is 0 Å². The number of hydrogen-bond donors (Lipinski definition) is 0. The number of benzene rings is 1. The summed E-state index contributed by atoms with van der Waals surface area (Å²) in [6.45, 7) is 4.69. The summed E-state index contributed by atoms with van der Waals surface area (Å²) in [4.78, 5) is 19.8. The second-order valence-electron chi connectivity index (χ2n) is 5.21. The lowest BCUT2D eigenvalue weighted by Crippen LogP contribution is -2.36. The minimum absolute atomic E-state index is 0.0399. The molecule has 108 valence electrons. The Balaban J connectivity index is 1.90. The number of thiazole rings is 1. The Labute approximate surface area is 127 Å². The summed E-state index contributed by atoms with van der Waals surface area (Å²) in [5, 5.41) is 1.88. The molecule has 0 atom stereocenters. The van der Waals surface area contributed by atoms with E-state index in [0.29, 0.717) is 12.2 Å². The van der Waals surface area contributed by atoms with Crippen molar-refractivity contribution in [2.75, 3.05) is 0 Å². The second kappa shape index (κ2) is 5.69. The number of carbonyl (C=O) groups is 1. The van der Waals surface area contributed by atoms with Gasteiger partial charge in [-0.3, -0.25) is 9.20 Å². The first-order valence-electron chi connectivity index (χ1n) is 6.92. The molecule has 0 saturated carbocycles. The quantitative estimate of drug-likeness (QED) is 0.740. The molecule has 0 N–H and O–H groups in total. The van der Waals surface area contributed by atoms with E-state index in [1.807, 2.05) is 65.1 Å². The molecule has 0 spiro atoms. The number of carbonyl (C=O) groups excluding carboxylic acids is 1. The van der Waals surface area contributed by atoms with Crippen LogP contribution in [-0.2, 0) is 6.54 Å². The molecule has 0 saturated heterocycles. The van der Waals surface area contributed by atoms with Gasteiger partial charge in [-0.15, -0.1) is 11.3 Å². The van der Waals surface area contributed by atoms with Crippen molar-refractivity contribution in [2.24, 2.45) is 0 Å². The summed E-state index contributed by atoms with van der Waals surface area (Å²) < 4.78 is 1.85. The highest BCUT2D eigenvalue weighted by Crippen LogP contribution is 2.19. The summed E-state index contributed by atoms with van der Waals surface area (Å²) in [7, 11) is 0. The van der Waals surface area contributed by atoms with Crippen molar-refractivity contribution >= 4 is 22.2 Å². The number of imidazole rings is 1. The van der Waals surface area contributed by atoms with Gasteiger partial charge in [0.15, 0.2) is 4.96 Å². The van der Waals surface area contributed by atoms with E-state index in [2.05, 4.69) is 4.98 Å². The number of amides is 1. The Bertz CT molecular complexity index is 745. The van der Waals surface area contributed by atoms with Gasteiger partial charge >= 0.3 is 0 Å². The SMILES string of the molecule is CC(C)N(Cc1ccccc1)C(=O)c1csc2nccn12. The molecule has 0 aliphatic rings. The maximum atomic E-state index is 12.8. The molecule has 0 fully saturated rings. The average Bonchev–Trinajstić information content (AvgIpc) is 3.07. The highest BCUT2D eigenvalue weighted by molar-refractivity contribution is 7.15. The Morgan fingerprint density at radius 1 is 1.33 bits per heavy atom. The Morgan fingerprint density at radius 2 is 2.10 bits per heavy atom. The number of rotatable bonds is 4. The van der Waals surface area contributed by atoms with E-state index in [4.69, 9.17) is 0 Å². The van der Waals surface area contributed by atoms with Crippen molar-refractivity contribution in [3.63, 3.8) is 0 Å². The van der Waals surface area contributed by atoms with Crippen LogP contribution in [-0.4, -0.2) is 26.2 Å². The van der Waals surface area contributed by atoms with E-state index < -0.39 is 0 Å². The molecule has 1 aromatic carbocycles. The van der Waals surface area contributed by atoms with Crippen LogP contribution in [0.3, 0.4) is 0 Å². The molecule has 1 amide bonds. The van der Waals surface area contributed by atoms with Gasteiger partial charge in [0.25, 0.3) is 5.91 Å². The first-order valence-corrected chi connectivity index (χ1v) is 7.80. The highest BCUT2D eigenvalue weighted by Gasteiger charge is 2.22. The lowest BCUT2D eigenvalue weighted by Gasteiger charge is -2.26. The number of hydrogen-bond acceptors (Lipinski definition) is 3. The van der Waals surface area contributed by atoms with Crippen molar-refractivity contribution in [3.05, 3.63) is 59.4 Å². The van der Waals surface area contributed by atoms with Crippen molar-refractivity contribution in [3.8, 4) is 0 Å². The molecular weight excluding hydrogens is 282 g/mol. The lowest BCUT2D eigenvalue weighted by atomic mass is 10.2. The predicted octanol–water partition coefficient (Wildman–Crippen LogP) is 3.45. The summed E-state index contributed by atoms with van der Waals surface area (Å²) in [5.41, 5.74) is 1.81.